The van der Waals surface area contributed by atoms with Crippen LogP contribution in [-0.2, 0) is 9.53 Å². The molecule has 1 atom stereocenters. The second-order valence-corrected chi connectivity index (χ2v) is 10.7. The summed E-state index contributed by atoms with van der Waals surface area (Å²) in [5.41, 5.74) is 3.65. The first kappa shape index (κ1) is 27.2. The minimum atomic E-state index is -1.12. The van der Waals surface area contributed by atoms with Crippen molar-refractivity contribution in [3.05, 3.63) is 41.8 Å². The number of fused-ring (bicyclic) bond motifs is 3. The third kappa shape index (κ3) is 6.43. The van der Waals surface area contributed by atoms with E-state index in [9.17, 15) is 9.90 Å². The van der Waals surface area contributed by atoms with E-state index in [0.29, 0.717) is 54.8 Å². The number of amides is 1. The van der Waals surface area contributed by atoms with Crippen LogP contribution in [0, 0.1) is 0 Å². The molecule has 3 aromatic rings. The van der Waals surface area contributed by atoms with Gasteiger partial charge in [-0.25, -0.2) is 9.97 Å². The van der Waals surface area contributed by atoms with Crippen LogP contribution in [0.4, 0.5) is 17.2 Å². The van der Waals surface area contributed by atoms with Crippen LogP contribution in [0.3, 0.4) is 0 Å². The number of aromatic nitrogens is 4. The molecule has 3 aliphatic rings. The largest absolute Gasteiger partial charge is 0.478 e. The van der Waals surface area contributed by atoms with Crippen LogP contribution in [0.5, 0.6) is 5.88 Å². The van der Waals surface area contributed by atoms with E-state index in [-0.39, 0.29) is 0 Å². The molecule has 39 heavy (non-hydrogen) atoms. The van der Waals surface area contributed by atoms with Crippen molar-refractivity contribution in [2.45, 2.75) is 57.5 Å². The van der Waals surface area contributed by atoms with E-state index in [2.05, 4.69) is 44.5 Å². The Labute approximate surface area is 232 Å². The van der Waals surface area contributed by atoms with Crippen molar-refractivity contribution in [3.63, 3.8) is 0 Å². The average Bonchev–Trinajstić information content (AvgIpc) is 3.56. The Bertz CT molecular complexity index is 1310. The van der Waals surface area contributed by atoms with Gasteiger partial charge in [0.25, 0.3) is 0 Å². The molecule has 1 saturated carbocycles. The third-order valence-corrected chi connectivity index (χ3v) is 7.05. The van der Waals surface area contributed by atoms with Crippen molar-refractivity contribution in [1.82, 2.24) is 19.7 Å². The van der Waals surface area contributed by atoms with E-state index in [1.165, 1.54) is 19.3 Å². The van der Waals surface area contributed by atoms with Gasteiger partial charge in [0.05, 0.1) is 41.9 Å². The first-order valence-electron chi connectivity index (χ1n) is 13.1. The number of carbonyl (C=O) groups excluding carboxylic acids is 1. The SMILES string of the molecule is CC(C)(O)OCCCOc1cc(NC=O)ccn1.CN1c2nc(-c3cnn(C4CC4)c3)c(Cl)cc2N2CCC12. The molecule has 6 rings (SSSR count). The molecule has 5 heterocycles. The number of aliphatic hydroxyl groups is 1. The molecule has 1 unspecified atom stereocenters. The van der Waals surface area contributed by atoms with Gasteiger partial charge in [-0.15, -0.1) is 0 Å². The van der Waals surface area contributed by atoms with Crippen LogP contribution in [0.15, 0.2) is 36.8 Å². The molecule has 1 aliphatic carbocycles. The molecule has 12 heteroatoms. The maximum Gasteiger partial charge on any atom is 0.215 e. The van der Waals surface area contributed by atoms with Crippen molar-refractivity contribution in [1.29, 1.82) is 0 Å². The van der Waals surface area contributed by atoms with E-state index in [4.69, 9.17) is 26.1 Å². The summed E-state index contributed by atoms with van der Waals surface area (Å²) in [6.45, 7) is 5.07. The van der Waals surface area contributed by atoms with Crippen LogP contribution in [0.2, 0.25) is 5.02 Å². The minimum absolute atomic E-state index is 0.399. The lowest BCUT2D eigenvalue weighted by Gasteiger charge is -2.39. The van der Waals surface area contributed by atoms with Crippen LogP contribution in [-0.4, -0.2) is 70.0 Å². The standard InChI is InChI=1S/C15H16ClN5.C12H18N2O4/c1-19-13-4-5-20(13)12-6-11(16)14(18-15(12)19)9-7-17-21(8-9)10-2-3-10;1-12(2,16)18-7-3-6-17-11-8-10(14-9-15)4-5-13-11/h6-8,10,13H,2-5H2,1H3;4-5,8-9,16H,3,6-7H2,1-2H3,(H,13,14,15). The molecule has 2 N–H and O–H groups in total. The van der Waals surface area contributed by atoms with Gasteiger partial charge in [-0.2, -0.15) is 5.10 Å². The fourth-order valence-electron chi connectivity index (χ4n) is 4.54. The Morgan fingerprint density at radius 2 is 2.08 bits per heavy atom. The van der Waals surface area contributed by atoms with Crippen LogP contribution in [0.1, 0.15) is 45.6 Å². The van der Waals surface area contributed by atoms with Gasteiger partial charge < -0.3 is 29.7 Å². The number of pyridine rings is 2. The molecule has 3 aromatic heterocycles. The van der Waals surface area contributed by atoms with Crippen molar-refractivity contribution in [2.24, 2.45) is 0 Å². The molecule has 1 amide bonds. The van der Waals surface area contributed by atoms with Gasteiger partial charge in [0, 0.05) is 56.1 Å². The Morgan fingerprint density at radius 1 is 1.26 bits per heavy atom. The predicted molar refractivity (Wildman–Crippen MR) is 149 cm³/mol. The van der Waals surface area contributed by atoms with Crippen molar-refractivity contribution >= 4 is 35.2 Å². The normalized spacial score (nSPS) is 17.5. The summed E-state index contributed by atoms with van der Waals surface area (Å²) in [5, 5.41) is 17.0. The van der Waals surface area contributed by atoms with Gasteiger partial charge in [0.2, 0.25) is 12.3 Å². The summed E-state index contributed by atoms with van der Waals surface area (Å²) < 4.78 is 12.5. The highest BCUT2D eigenvalue weighted by Gasteiger charge is 2.41. The van der Waals surface area contributed by atoms with E-state index >= 15 is 0 Å². The van der Waals surface area contributed by atoms with Gasteiger partial charge in [0.15, 0.2) is 11.6 Å². The molecule has 2 aliphatic heterocycles. The maximum atomic E-state index is 10.3. The zero-order chi connectivity index (χ0) is 27.6. The molecule has 1 saturated heterocycles. The summed E-state index contributed by atoms with van der Waals surface area (Å²) in [5.74, 6) is 0.354. The zero-order valence-corrected chi connectivity index (χ0v) is 23.1. The molecule has 0 bridgehead atoms. The average molecular weight is 556 g/mol. The van der Waals surface area contributed by atoms with Crippen LogP contribution >= 0.6 is 11.6 Å². The summed E-state index contributed by atoms with van der Waals surface area (Å²) in [7, 11) is 2.11. The Morgan fingerprint density at radius 3 is 2.77 bits per heavy atom. The van der Waals surface area contributed by atoms with Gasteiger partial charge in [-0.05, 0) is 38.8 Å². The summed E-state index contributed by atoms with van der Waals surface area (Å²) in [6, 6.07) is 5.93. The fraction of sp³-hybridized carbons (Fsp3) is 0.481. The van der Waals surface area contributed by atoms with Gasteiger partial charge in [-0.3, -0.25) is 9.48 Å². The molecule has 0 spiro atoms. The Hall–Kier alpha value is -3.41. The highest BCUT2D eigenvalue weighted by molar-refractivity contribution is 6.33. The molecule has 0 radical (unpaired) electrons. The highest BCUT2D eigenvalue weighted by Crippen LogP contribution is 2.46. The number of nitrogens with one attached hydrogen (secondary N) is 1. The topological polar surface area (TPSA) is 118 Å². The zero-order valence-electron chi connectivity index (χ0n) is 22.4. The second kappa shape index (κ2) is 11.4. The number of halogens is 1. The molecule has 11 nitrogen and oxygen atoms in total. The van der Waals surface area contributed by atoms with E-state index in [1.807, 2.05) is 10.9 Å². The molecule has 2 fully saturated rings. The fourth-order valence-corrected chi connectivity index (χ4v) is 4.80. The minimum Gasteiger partial charge on any atom is -0.478 e. The van der Waals surface area contributed by atoms with Gasteiger partial charge >= 0.3 is 0 Å². The smallest absolute Gasteiger partial charge is 0.215 e. The van der Waals surface area contributed by atoms with E-state index in [0.717, 1.165) is 29.3 Å². The Kier molecular flexibility index (Phi) is 7.92. The molecule has 0 aromatic carbocycles. The number of nitrogens with zero attached hydrogens (tertiary/aromatic N) is 6. The van der Waals surface area contributed by atoms with E-state index < -0.39 is 5.79 Å². The van der Waals surface area contributed by atoms with Gasteiger partial charge in [-0.1, -0.05) is 11.6 Å². The lowest BCUT2D eigenvalue weighted by molar-refractivity contribution is -0.176. The number of hydrogen-bond donors (Lipinski definition) is 2. The number of rotatable bonds is 10. The molecular formula is C27H34ClN7O4. The summed E-state index contributed by atoms with van der Waals surface area (Å²) >= 11 is 6.49. The lowest BCUT2D eigenvalue weighted by Crippen LogP contribution is -2.52. The maximum absolute atomic E-state index is 10.3. The number of anilines is 3. The lowest BCUT2D eigenvalue weighted by atomic mass is 10.1. The van der Waals surface area contributed by atoms with Gasteiger partial charge in [0.1, 0.15) is 6.17 Å². The van der Waals surface area contributed by atoms with E-state index in [1.54, 1.807) is 32.2 Å². The second-order valence-electron chi connectivity index (χ2n) is 10.3. The third-order valence-electron chi connectivity index (χ3n) is 6.77. The monoisotopic (exact) mass is 555 g/mol. The highest BCUT2D eigenvalue weighted by atomic mass is 35.5. The molecule has 208 valence electrons. The van der Waals surface area contributed by atoms with Crippen LogP contribution < -0.4 is 19.9 Å². The quantitative estimate of drug-likeness (QED) is 0.217. The van der Waals surface area contributed by atoms with Crippen LogP contribution in [0.25, 0.3) is 11.3 Å². The number of hydrogen-bond acceptors (Lipinski definition) is 9. The Balaban J connectivity index is 0.000000161. The summed E-state index contributed by atoms with van der Waals surface area (Å²) in [6.07, 6.45) is 10.8. The predicted octanol–water partition coefficient (Wildman–Crippen LogP) is 4.08. The van der Waals surface area contributed by atoms with Crippen molar-refractivity contribution < 1.29 is 19.4 Å². The summed E-state index contributed by atoms with van der Waals surface area (Å²) in [4.78, 5) is 23.7. The first-order chi connectivity index (χ1) is 18.7. The molecular weight excluding hydrogens is 522 g/mol. The first-order valence-corrected chi connectivity index (χ1v) is 13.5. The number of ether oxygens (including phenoxy) is 2. The van der Waals surface area contributed by atoms with Crippen molar-refractivity contribution in [2.75, 3.05) is 41.9 Å². The number of carbonyl (C=O) groups is 1. The van der Waals surface area contributed by atoms with Crippen molar-refractivity contribution in [3.8, 4) is 17.1 Å².